The number of aromatic nitrogens is 1. The highest BCUT2D eigenvalue weighted by Crippen LogP contribution is 2.54. The van der Waals surface area contributed by atoms with Crippen LogP contribution in [0.25, 0.3) is 10.9 Å². The Morgan fingerprint density at radius 2 is 1.86 bits per heavy atom. The zero-order chi connectivity index (χ0) is 15.2. The number of piperidine rings is 2. The van der Waals surface area contributed by atoms with Crippen molar-refractivity contribution in [1.82, 2.24) is 9.88 Å². The number of aromatic amines is 1. The number of nitrogens with one attached hydrogen (secondary N) is 1. The molecule has 1 N–H and O–H groups in total. The maximum atomic E-state index is 3.83. The molecule has 0 unspecified atom stereocenters. The third kappa shape index (κ3) is 1.96. The molecule has 0 radical (unpaired) electrons. The van der Waals surface area contributed by atoms with E-state index in [2.05, 4.69) is 48.0 Å². The molecule has 2 bridgehead atoms. The van der Waals surface area contributed by atoms with Gasteiger partial charge in [0, 0.05) is 16.6 Å². The summed E-state index contributed by atoms with van der Waals surface area (Å²) >= 11 is 0. The molecule has 2 fully saturated rings. The number of hydrogen-bond acceptors (Lipinski definition) is 1. The first-order valence-corrected chi connectivity index (χ1v) is 9.12. The van der Waals surface area contributed by atoms with Crippen LogP contribution in [0.1, 0.15) is 63.3 Å². The van der Waals surface area contributed by atoms with Crippen LogP contribution in [-0.4, -0.2) is 23.0 Å². The number of nitrogens with zero attached hydrogens (tertiary/aromatic N) is 1. The van der Waals surface area contributed by atoms with Crippen molar-refractivity contribution in [2.75, 3.05) is 13.1 Å². The molecular formula is C20H28N2. The van der Waals surface area contributed by atoms with Gasteiger partial charge in [0.25, 0.3) is 0 Å². The van der Waals surface area contributed by atoms with Crippen molar-refractivity contribution < 1.29 is 0 Å². The van der Waals surface area contributed by atoms with Gasteiger partial charge in [-0.05, 0) is 68.7 Å². The lowest BCUT2D eigenvalue weighted by molar-refractivity contribution is -0.0371. The van der Waals surface area contributed by atoms with Crippen LogP contribution < -0.4 is 0 Å². The molecule has 0 saturated carbocycles. The van der Waals surface area contributed by atoms with E-state index in [9.17, 15) is 0 Å². The third-order valence-corrected chi connectivity index (χ3v) is 6.36. The minimum Gasteiger partial charge on any atom is -0.357 e. The normalized spacial score (nSPS) is 31.5. The topological polar surface area (TPSA) is 19.0 Å². The zero-order valence-corrected chi connectivity index (χ0v) is 14.0. The molecule has 4 rings (SSSR count). The minimum atomic E-state index is 0.501. The average Bonchev–Trinajstić information content (AvgIpc) is 2.92. The van der Waals surface area contributed by atoms with Crippen molar-refractivity contribution in [2.45, 2.75) is 58.4 Å². The number of hydrogen-bond donors (Lipinski definition) is 1. The highest BCUT2D eigenvalue weighted by atomic mass is 15.2. The quantitative estimate of drug-likeness (QED) is 0.839. The predicted molar refractivity (Wildman–Crippen MR) is 93.2 cm³/mol. The molecule has 2 aliphatic heterocycles. The molecule has 2 saturated heterocycles. The summed E-state index contributed by atoms with van der Waals surface area (Å²) in [4.78, 5) is 6.61. The van der Waals surface area contributed by atoms with Gasteiger partial charge in [0.15, 0.2) is 0 Å². The van der Waals surface area contributed by atoms with Gasteiger partial charge in [0.1, 0.15) is 0 Å². The average molecular weight is 296 g/mol. The van der Waals surface area contributed by atoms with Gasteiger partial charge in [-0.1, -0.05) is 32.0 Å². The van der Waals surface area contributed by atoms with E-state index in [0.717, 1.165) is 6.42 Å². The minimum absolute atomic E-state index is 0.501. The summed E-state index contributed by atoms with van der Waals surface area (Å²) in [7, 11) is 0. The van der Waals surface area contributed by atoms with E-state index >= 15 is 0 Å². The van der Waals surface area contributed by atoms with Crippen LogP contribution >= 0.6 is 0 Å². The summed E-state index contributed by atoms with van der Waals surface area (Å²) in [6, 6.07) is 9.48. The Bertz CT molecular complexity index is 659. The Kier molecular flexibility index (Phi) is 3.53. The van der Waals surface area contributed by atoms with Gasteiger partial charge in [-0.15, -0.1) is 0 Å². The van der Waals surface area contributed by atoms with Gasteiger partial charge < -0.3 is 4.98 Å². The maximum absolute atomic E-state index is 3.83. The van der Waals surface area contributed by atoms with Crippen molar-refractivity contribution in [1.29, 1.82) is 0 Å². The van der Waals surface area contributed by atoms with Crippen LogP contribution in [0.5, 0.6) is 0 Å². The summed E-state index contributed by atoms with van der Waals surface area (Å²) in [5.74, 6) is 0. The fraction of sp³-hybridized carbons (Fsp3) is 0.600. The fourth-order valence-corrected chi connectivity index (χ4v) is 5.30. The molecule has 2 nitrogen and oxygen atoms in total. The molecule has 2 aromatic rings. The van der Waals surface area contributed by atoms with Crippen molar-refractivity contribution in [2.24, 2.45) is 5.41 Å². The summed E-state index contributed by atoms with van der Waals surface area (Å²) in [5, 5.41) is 1.44. The first kappa shape index (κ1) is 14.3. The van der Waals surface area contributed by atoms with Gasteiger partial charge in [-0.2, -0.15) is 0 Å². The molecule has 0 spiro atoms. The monoisotopic (exact) mass is 296 g/mol. The maximum Gasteiger partial charge on any atom is 0.0558 e. The van der Waals surface area contributed by atoms with Crippen molar-refractivity contribution in [3.63, 3.8) is 0 Å². The van der Waals surface area contributed by atoms with Crippen LogP contribution in [0.3, 0.4) is 0 Å². The molecule has 1 aromatic carbocycles. The number of rotatable bonds is 3. The molecule has 1 aromatic heterocycles. The summed E-state index contributed by atoms with van der Waals surface area (Å²) in [6.45, 7) is 7.29. The molecule has 118 valence electrons. The molecule has 1 atom stereocenters. The predicted octanol–water partition coefficient (Wildman–Crippen LogP) is 5.06. The standard InChI is InChI=1S/C20H28N2/c1-3-15-16-9-5-6-10-17(16)21-18(15)19-20(4-2)11-7-13-22(19)14-8-12-20/h5-6,9-10,19,21H,3-4,7-8,11-14H2,1-2H3/t19-/m1/s1. The highest BCUT2D eigenvalue weighted by molar-refractivity contribution is 5.84. The summed E-state index contributed by atoms with van der Waals surface area (Å²) in [6.07, 6.45) is 8.01. The largest absolute Gasteiger partial charge is 0.357 e. The van der Waals surface area contributed by atoms with Gasteiger partial charge in [0.05, 0.1) is 6.04 Å². The Hall–Kier alpha value is -1.28. The Labute approximate surface area is 133 Å². The van der Waals surface area contributed by atoms with Crippen LogP contribution in [0.2, 0.25) is 0 Å². The molecule has 0 amide bonds. The van der Waals surface area contributed by atoms with E-state index in [0.29, 0.717) is 11.5 Å². The van der Waals surface area contributed by atoms with Crippen LogP contribution in [0.4, 0.5) is 0 Å². The summed E-state index contributed by atoms with van der Waals surface area (Å²) in [5.41, 5.74) is 4.92. The molecular weight excluding hydrogens is 268 g/mol. The van der Waals surface area contributed by atoms with E-state index in [1.54, 1.807) is 5.56 Å². The first-order valence-electron chi connectivity index (χ1n) is 9.12. The van der Waals surface area contributed by atoms with Gasteiger partial charge >= 0.3 is 0 Å². The number of benzene rings is 1. The number of fused-ring (bicyclic) bond motifs is 3. The van der Waals surface area contributed by atoms with Crippen LogP contribution in [-0.2, 0) is 6.42 Å². The Morgan fingerprint density at radius 1 is 1.14 bits per heavy atom. The third-order valence-electron chi connectivity index (χ3n) is 6.36. The van der Waals surface area contributed by atoms with Crippen LogP contribution in [0.15, 0.2) is 24.3 Å². The first-order chi connectivity index (χ1) is 10.8. The zero-order valence-electron chi connectivity index (χ0n) is 14.0. The second-order valence-corrected chi connectivity index (χ2v) is 7.28. The number of aryl methyl sites for hydroxylation is 1. The number of para-hydroxylation sites is 1. The Morgan fingerprint density at radius 3 is 2.55 bits per heavy atom. The van der Waals surface area contributed by atoms with E-state index in [1.165, 1.54) is 61.8 Å². The molecule has 2 heteroatoms. The van der Waals surface area contributed by atoms with Gasteiger partial charge in [-0.25, -0.2) is 0 Å². The lowest BCUT2D eigenvalue weighted by Crippen LogP contribution is -2.50. The SMILES string of the molecule is CCc1c([C@H]2N3CCCC2(CC)CCC3)[nH]c2ccccc12. The van der Waals surface area contributed by atoms with E-state index in [-0.39, 0.29) is 0 Å². The van der Waals surface area contributed by atoms with Gasteiger partial charge in [-0.3, -0.25) is 4.90 Å². The van der Waals surface area contributed by atoms with E-state index < -0.39 is 0 Å². The fourth-order valence-electron chi connectivity index (χ4n) is 5.30. The second-order valence-electron chi connectivity index (χ2n) is 7.28. The van der Waals surface area contributed by atoms with Gasteiger partial charge in [0.2, 0.25) is 0 Å². The molecule has 22 heavy (non-hydrogen) atoms. The summed E-state index contributed by atoms with van der Waals surface area (Å²) < 4.78 is 0. The smallest absolute Gasteiger partial charge is 0.0558 e. The molecule has 2 aliphatic rings. The lowest BCUT2D eigenvalue weighted by Gasteiger charge is -2.54. The van der Waals surface area contributed by atoms with Crippen LogP contribution in [0, 0.1) is 5.41 Å². The van der Waals surface area contributed by atoms with Crippen molar-refractivity contribution >= 4 is 10.9 Å². The molecule has 3 heterocycles. The Balaban J connectivity index is 1.89. The van der Waals surface area contributed by atoms with Crippen molar-refractivity contribution in [3.8, 4) is 0 Å². The second kappa shape index (κ2) is 5.42. The molecule has 0 aliphatic carbocycles. The van der Waals surface area contributed by atoms with E-state index in [1.807, 2.05) is 0 Å². The lowest BCUT2D eigenvalue weighted by atomic mass is 9.64. The highest BCUT2D eigenvalue weighted by Gasteiger charge is 2.47. The van der Waals surface area contributed by atoms with E-state index in [4.69, 9.17) is 0 Å². The number of H-pyrrole nitrogens is 1. The van der Waals surface area contributed by atoms with Crippen molar-refractivity contribution in [3.05, 3.63) is 35.5 Å².